The summed E-state index contributed by atoms with van der Waals surface area (Å²) in [4.78, 5) is 8.82. The molecule has 4 rings (SSSR count). The fourth-order valence-corrected chi connectivity index (χ4v) is 2.98. The van der Waals surface area contributed by atoms with E-state index in [1.165, 1.54) is 12.3 Å². The van der Waals surface area contributed by atoms with Gasteiger partial charge in [0.05, 0.1) is 35.9 Å². The second kappa shape index (κ2) is 6.85. The molecule has 2 atom stereocenters. The Hall–Kier alpha value is -2.78. The van der Waals surface area contributed by atoms with Gasteiger partial charge in [-0.15, -0.1) is 0 Å². The zero-order valence-corrected chi connectivity index (χ0v) is 13.6. The van der Waals surface area contributed by atoms with Crippen LogP contribution in [0.15, 0.2) is 42.7 Å². The number of nitrogens with one attached hydrogen (secondary N) is 2. The molecule has 3 aromatic rings. The summed E-state index contributed by atoms with van der Waals surface area (Å²) in [5, 5.41) is 16.2. The van der Waals surface area contributed by atoms with Gasteiger partial charge in [0.15, 0.2) is 0 Å². The predicted molar refractivity (Wildman–Crippen MR) is 91.3 cm³/mol. The molecule has 7 nitrogen and oxygen atoms in total. The van der Waals surface area contributed by atoms with Crippen LogP contribution in [0.25, 0.3) is 17.0 Å². The van der Waals surface area contributed by atoms with E-state index in [2.05, 4.69) is 25.3 Å². The van der Waals surface area contributed by atoms with Crippen LogP contribution in [-0.4, -0.2) is 51.3 Å². The summed E-state index contributed by atoms with van der Waals surface area (Å²) >= 11 is 0. The lowest BCUT2D eigenvalue weighted by Crippen LogP contribution is -2.32. The van der Waals surface area contributed by atoms with Crippen LogP contribution in [0.2, 0.25) is 0 Å². The number of halogens is 2. The van der Waals surface area contributed by atoms with E-state index in [9.17, 15) is 13.9 Å². The lowest BCUT2D eigenvalue weighted by molar-refractivity contribution is -0.0501. The summed E-state index contributed by atoms with van der Waals surface area (Å²) < 4.78 is 31.0. The number of pyridine rings is 2. The van der Waals surface area contributed by atoms with E-state index in [1.807, 2.05) is 12.1 Å². The van der Waals surface area contributed by atoms with Gasteiger partial charge in [-0.1, -0.05) is 6.07 Å². The third-order valence-electron chi connectivity index (χ3n) is 4.23. The van der Waals surface area contributed by atoms with Gasteiger partial charge in [-0.05, 0) is 24.3 Å². The Kier molecular flexibility index (Phi) is 4.39. The van der Waals surface area contributed by atoms with Crippen molar-refractivity contribution in [3.63, 3.8) is 0 Å². The first-order chi connectivity index (χ1) is 12.6. The number of ether oxygens (including phenoxy) is 1. The number of nitrogens with zero attached hydrogens (tertiary/aromatic N) is 3. The first kappa shape index (κ1) is 16.7. The topological polar surface area (TPSA) is 83.7 Å². The molecule has 1 aliphatic heterocycles. The number of anilines is 1. The number of rotatable bonds is 5. The number of alkyl halides is 2. The van der Waals surface area contributed by atoms with Crippen molar-refractivity contribution in [2.24, 2.45) is 0 Å². The second-order valence-corrected chi connectivity index (χ2v) is 6.00. The van der Waals surface area contributed by atoms with Crippen LogP contribution in [0.3, 0.4) is 0 Å². The second-order valence-electron chi connectivity index (χ2n) is 6.00. The Bertz CT molecular complexity index is 917. The van der Waals surface area contributed by atoms with Crippen molar-refractivity contribution in [3.8, 4) is 17.1 Å². The van der Waals surface area contributed by atoms with E-state index in [4.69, 9.17) is 0 Å². The molecule has 0 spiro atoms. The monoisotopic (exact) mass is 361 g/mol. The quantitative estimate of drug-likeness (QED) is 0.642. The summed E-state index contributed by atoms with van der Waals surface area (Å²) in [6, 6.07) is 8.37. The third-order valence-corrected chi connectivity index (χ3v) is 4.23. The van der Waals surface area contributed by atoms with E-state index < -0.39 is 12.7 Å². The Balaban J connectivity index is 1.65. The molecule has 3 aromatic heterocycles. The zero-order chi connectivity index (χ0) is 18.1. The van der Waals surface area contributed by atoms with Crippen LogP contribution in [0, 0.1) is 0 Å². The standard InChI is InChI=1S/C17H17F2N5O2/c18-17(19)26-10-4-5-16-21-7-13(24(16)9-10)11-2-1-3-15(22-11)23-12-6-20-8-14(12)25/h1-5,7,9,12,14,17,20,25H,6,8H2,(H,22,23). The van der Waals surface area contributed by atoms with Gasteiger partial charge in [0.25, 0.3) is 0 Å². The molecule has 4 heterocycles. The number of hydrogen-bond acceptors (Lipinski definition) is 6. The molecule has 0 amide bonds. The third kappa shape index (κ3) is 3.31. The van der Waals surface area contributed by atoms with Gasteiger partial charge in [-0.2, -0.15) is 8.78 Å². The number of aliphatic hydroxyl groups is 1. The summed E-state index contributed by atoms with van der Waals surface area (Å²) in [6.45, 7) is -1.70. The van der Waals surface area contributed by atoms with Crippen LogP contribution >= 0.6 is 0 Å². The van der Waals surface area contributed by atoms with Gasteiger partial charge in [0, 0.05) is 13.1 Å². The highest BCUT2D eigenvalue weighted by atomic mass is 19.3. The number of aromatic nitrogens is 3. The Labute approximate surface area is 147 Å². The number of aliphatic hydroxyl groups excluding tert-OH is 1. The van der Waals surface area contributed by atoms with Crippen LogP contribution in [-0.2, 0) is 0 Å². The van der Waals surface area contributed by atoms with Crippen LogP contribution < -0.4 is 15.4 Å². The van der Waals surface area contributed by atoms with Crippen molar-refractivity contribution in [3.05, 3.63) is 42.7 Å². The van der Waals surface area contributed by atoms with Crippen LogP contribution in [0.5, 0.6) is 5.75 Å². The molecule has 0 radical (unpaired) electrons. The first-order valence-corrected chi connectivity index (χ1v) is 8.15. The minimum Gasteiger partial charge on any atom is -0.433 e. The van der Waals surface area contributed by atoms with E-state index in [0.29, 0.717) is 35.9 Å². The van der Waals surface area contributed by atoms with Crippen LogP contribution in [0.4, 0.5) is 14.6 Å². The molecule has 0 aromatic carbocycles. The Morgan fingerprint density at radius 1 is 1.27 bits per heavy atom. The lowest BCUT2D eigenvalue weighted by atomic mass is 10.2. The summed E-state index contributed by atoms with van der Waals surface area (Å²) in [7, 11) is 0. The van der Waals surface area contributed by atoms with E-state index >= 15 is 0 Å². The number of β-amino-alcohol motifs (C(OH)–C–C–N with tert-alkyl or cyclic N) is 1. The van der Waals surface area contributed by atoms with E-state index in [0.717, 1.165) is 0 Å². The molecule has 0 saturated carbocycles. The highest BCUT2D eigenvalue weighted by Crippen LogP contribution is 2.24. The summed E-state index contributed by atoms with van der Waals surface area (Å²) in [5.41, 5.74) is 1.86. The average molecular weight is 361 g/mol. The zero-order valence-electron chi connectivity index (χ0n) is 13.6. The number of hydrogen-bond donors (Lipinski definition) is 3. The molecule has 9 heteroatoms. The van der Waals surface area contributed by atoms with Crippen molar-refractivity contribution < 1.29 is 18.6 Å². The maximum atomic E-state index is 12.5. The highest BCUT2D eigenvalue weighted by Gasteiger charge is 2.25. The van der Waals surface area contributed by atoms with Crippen molar-refractivity contribution >= 4 is 11.5 Å². The molecule has 2 unspecified atom stereocenters. The van der Waals surface area contributed by atoms with Crippen molar-refractivity contribution in [1.29, 1.82) is 0 Å². The Morgan fingerprint density at radius 2 is 2.15 bits per heavy atom. The van der Waals surface area contributed by atoms with E-state index in [-0.39, 0.29) is 11.8 Å². The Morgan fingerprint density at radius 3 is 2.92 bits per heavy atom. The minimum atomic E-state index is -2.89. The van der Waals surface area contributed by atoms with Gasteiger partial charge in [-0.3, -0.25) is 4.40 Å². The lowest BCUT2D eigenvalue weighted by Gasteiger charge is -2.16. The summed E-state index contributed by atoms with van der Waals surface area (Å²) in [5.74, 6) is 0.659. The maximum Gasteiger partial charge on any atom is 0.387 e. The van der Waals surface area contributed by atoms with Crippen molar-refractivity contribution in [1.82, 2.24) is 19.7 Å². The predicted octanol–water partition coefficient (Wildman–Crippen LogP) is 1.74. The molecule has 1 aliphatic rings. The molecule has 26 heavy (non-hydrogen) atoms. The molecule has 1 saturated heterocycles. The highest BCUT2D eigenvalue weighted by molar-refractivity contribution is 5.62. The number of imidazole rings is 1. The van der Waals surface area contributed by atoms with Crippen LogP contribution in [0.1, 0.15) is 0 Å². The first-order valence-electron chi connectivity index (χ1n) is 8.15. The molecular weight excluding hydrogens is 344 g/mol. The SMILES string of the molecule is OC1CNCC1Nc1cccc(-c2cnc3ccc(OC(F)F)cn23)n1. The van der Waals surface area contributed by atoms with Gasteiger partial charge in [-0.25, -0.2) is 9.97 Å². The maximum absolute atomic E-state index is 12.5. The fraction of sp³-hybridized carbons (Fsp3) is 0.294. The van der Waals surface area contributed by atoms with Crippen molar-refractivity contribution in [2.45, 2.75) is 18.8 Å². The average Bonchev–Trinajstić information content (AvgIpc) is 3.21. The smallest absolute Gasteiger partial charge is 0.387 e. The summed E-state index contributed by atoms with van der Waals surface area (Å²) in [6.07, 6.45) is 2.60. The number of fused-ring (bicyclic) bond motifs is 1. The molecule has 0 aliphatic carbocycles. The van der Waals surface area contributed by atoms with Gasteiger partial charge >= 0.3 is 6.61 Å². The van der Waals surface area contributed by atoms with Crippen molar-refractivity contribution in [2.75, 3.05) is 18.4 Å². The normalized spacial score (nSPS) is 20.0. The molecule has 136 valence electrons. The molecule has 3 N–H and O–H groups in total. The minimum absolute atomic E-state index is 0.0428. The van der Waals surface area contributed by atoms with Gasteiger partial charge < -0.3 is 20.5 Å². The molecule has 1 fully saturated rings. The van der Waals surface area contributed by atoms with Gasteiger partial charge in [0.2, 0.25) is 0 Å². The largest absolute Gasteiger partial charge is 0.433 e. The van der Waals surface area contributed by atoms with E-state index in [1.54, 1.807) is 22.7 Å². The molecular formula is C17H17F2N5O2. The fourth-order valence-electron chi connectivity index (χ4n) is 2.98. The van der Waals surface area contributed by atoms with Gasteiger partial charge in [0.1, 0.15) is 17.2 Å². The molecule has 0 bridgehead atoms.